The lowest BCUT2D eigenvalue weighted by molar-refractivity contribution is -0.384. The average Bonchev–Trinajstić information content (AvgIpc) is 2.67. The van der Waals surface area contributed by atoms with Crippen LogP contribution in [-0.2, 0) is 14.3 Å². The number of carbonyl (C=O) groups excluding carboxylic acids is 2. The maximum atomic E-state index is 12.0. The normalized spacial score (nSPS) is 14.9. The Hall–Kier alpha value is -3.33. The summed E-state index contributed by atoms with van der Waals surface area (Å²) in [5.74, 6) is -0.481. The van der Waals surface area contributed by atoms with Crippen LogP contribution in [-0.4, -0.2) is 36.1 Å². The van der Waals surface area contributed by atoms with Crippen molar-refractivity contribution < 1.29 is 28.7 Å². The molecule has 27 heavy (non-hydrogen) atoms. The number of halogens is 1. The molecule has 10 heteroatoms. The molecular formula is C17H13ClN2O7. The summed E-state index contributed by atoms with van der Waals surface area (Å²) in [5, 5.41) is 13.1. The summed E-state index contributed by atoms with van der Waals surface area (Å²) in [5.41, 5.74) is -0.0475. The first-order valence-electron chi connectivity index (χ1n) is 7.73. The summed E-state index contributed by atoms with van der Waals surface area (Å²) < 4.78 is 15.8. The predicted molar refractivity (Wildman–Crippen MR) is 94.0 cm³/mol. The Balaban J connectivity index is 1.52. The Morgan fingerprint density at radius 1 is 1.26 bits per heavy atom. The average molecular weight is 393 g/mol. The maximum Gasteiger partial charge on any atom is 0.351 e. The number of ether oxygens (including phenoxy) is 3. The van der Waals surface area contributed by atoms with E-state index in [1.807, 2.05) is 0 Å². The maximum absolute atomic E-state index is 12.0. The van der Waals surface area contributed by atoms with Gasteiger partial charge in [-0.05, 0) is 18.2 Å². The Kier molecular flexibility index (Phi) is 5.41. The monoisotopic (exact) mass is 392 g/mol. The third kappa shape index (κ3) is 4.45. The minimum absolute atomic E-state index is 0.00972. The van der Waals surface area contributed by atoms with Gasteiger partial charge in [-0.25, -0.2) is 4.79 Å². The first-order valence-corrected chi connectivity index (χ1v) is 8.11. The smallest absolute Gasteiger partial charge is 0.351 e. The molecule has 0 bridgehead atoms. The molecule has 1 aliphatic rings. The van der Waals surface area contributed by atoms with Crippen LogP contribution in [0.5, 0.6) is 11.5 Å². The van der Waals surface area contributed by atoms with Crippen LogP contribution in [0.15, 0.2) is 42.5 Å². The van der Waals surface area contributed by atoms with Gasteiger partial charge >= 0.3 is 5.97 Å². The Bertz CT molecular complexity index is 903. The van der Waals surface area contributed by atoms with Crippen molar-refractivity contribution in [2.75, 3.05) is 18.5 Å². The van der Waals surface area contributed by atoms with Crippen LogP contribution in [0.25, 0.3) is 0 Å². The molecule has 1 N–H and O–H groups in total. The minimum atomic E-state index is -0.990. The molecule has 1 aliphatic heterocycles. The number of non-ortho nitro benzene ring substituents is 1. The number of rotatable bonds is 5. The van der Waals surface area contributed by atoms with Gasteiger partial charge in [0.2, 0.25) is 6.10 Å². The summed E-state index contributed by atoms with van der Waals surface area (Å²) in [6.07, 6.45) is -0.990. The highest BCUT2D eigenvalue weighted by Gasteiger charge is 2.29. The van der Waals surface area contributed by atoms with E-state index in [-0.39, 0.29) is 23.0 Å². The van der Waals surface area contributed by atoms with E-state index < -0.39 is 29.5 Å². The van der Waals surface area contributed by atoms with Gasteiger partial charge in [0.15, 0.2) is 18.1 Å². The third-order valence-electron chi connectivity index (χ3n) is 3.55. The lowest BCUT2D eigenvalue weighted by atomic mass is 10.2. The summed E-state index contributed by atoms with van der Waals surface area (Å²) in [4.78, 5) is 34.0. The highest BCUT2D eigenvalue weighted by Crippen LogP contribution is 2.31. The molecule has 2 aromatic carbocycles. The molecule has 0 spiro atoms. The largest absolute Gasteiger partial charge is 0.485 e. The van der Waals surface area contributed by atoms with Gasteiger partial charge in [-0.2, -0.15) is 0 Å². The molecule has 1 heterocycles. The molecule has 3 rings (SSSR count). The molecule has 2 aromatic rings. The number of anilines is 1. The standard InChI is InChI=1S/C17H13ClN2O7/c18-11-7-10(20(23)24)5-6-12(11)19-16(21)9-26-17(22)15-8-25-13-3-1-2-4-14(13)27-15/h1-7,15H,8-9H2,(H,19,21)/t15-/m0/s1. The lowest BCUT2D eigenvalue weighted by Crippen LogP contribution is -2.39. The van der Waals surface area contributed by atoms with Crippen LogP contribution in [0.1, 0.15) is 0 Å². The van der Waals surface area contributed by atoms with E-state index in [1.165, 1.54) is 12.1 Å². The fourth-order valence-corrected chi connectivity index (χ4v) is 2.49. The van der Waals surface area contributed by atoms with E-state index >= 15 is 0 Å². The third-order valence-corrected chi connectivity index (χ3v) is 3.87. The van der Waals surface area contributed by atoms with E-state index in [0.29, 0.717) is 11.5 Å². The second kappa shape index (κ2) is 7.92. The predicted octanol–water partition coefficient (Wildman–Crippen LogP) is 2.57. The minimum Gasteiger partial charge on any atom is -0.485 e. The van der Waals surface area contributed by atoms with Gasteiger partial charge in [-0.3, -0.25) is 14.9 Å². The zero-order valence-corrected chi connectivity index (χ0v) is 14.5. The van der Waals surface area contributed by atoms with Crippen molar-refractivity contribution in [2.45, 2.75) is 6.10 Å². The van der Waals surface area contributed by atoms with Gasteiger partial charge in [-0.15, -0.1) is 0 Å². The molecule has 0 aromatic heterocycles. The molecule has 0 unspecified atom stereocenters. The van der Waals surface area contributed by atoms with E-state index in [4.69, 9.17) is 25.8 Å². The molecule has 140 valence electrons. The summed E-state index contributed by atoms with van der Waals surface area (Å²) in [6.45, 7) is -0.612. The number of esters is 1. The van der Waals surface area contributed by atoms with E-state index in [1.54, 1.807) is 24.3 Å². The SMILES string of the molecule is O=C(COC(=O)[C@@H]1COc2ccccc2O1)Nc1ccc([N+](=O)[O-])cc1Cl. The topological polar surface area (TPSA) is 117 Å². The first-order chi connectivity index (χ1) is 12.9. The Morgan fingerprint density at radius 2 is 2.00 bits per heavy atom. The second-order valence-electron chi connectivity index (χ2n) is 5.44. The van der Waals surface area contributed by atoms with Crippen LogP contribution in [0, 0.1) is 10.1 Å². The summed E-state index contributed by atoms with van der Waals surface area (Å²) in [7, 11) is 0. The molecular weight excluding hydrogens is 380 g/mol. The fourth-order valence-electron chi connectivity index (χ4n) is 2.27. The van der Waals surface area contributed by atoms with Crippen molar-refractivity contribution in [3.05, 3.63) is 57.6 Å². The summed E-state index contributed by atoms with van der Waals surface area (Å²) in [6, 6.07) is 10.4. The number of para-hydroxylation sites is 2. The highest BCUT2D eigenvalue weighted by atomic mass is 35.5. The fraction of sp³-hybridized carbons (Fsp3) is 0.176. The van der Waals surface area contributed by atoms with Crippen LogP contribution < -0.4 is 14.8 Å². The zero-order valence-electron chi connectivity index (χ0n) is 13.7. The van der Waals surface area contributed by atoms with E-state index in [9.17, 15) is 19.7 Å². The lowest BCUT2D eigenvalue weighted by Gasteiger charge is -2.24. The Labute approximate surface area is 157 Å². The van der Waals surface area contributed by atoms with Crippen molar-refractivity contribution in [1.29, 1.82) is 0 Å². The van der Waals surface area contributed by atoms with Crippen molar-refractivity contribution in [1.82, 2.24) is 0 Å². The molecule has 1 atom stereocenters. The number of hydrogen-bond acceptors (Lipinski definition) is 7. The highest BCUT2D eigenvalue weighted by molar-refractivity contribution is 6.34. The molecule has 9 nitrogen and oxygen atoms in total. The molecule has 0 saturated heterocycles. The number of nitrogens with zero attached hydrogens (tertiary/aromatic N) is 1. The molecule has 1 amide bonds. The van der Waals surface area contributed by atoms with Gasteiger partial charge in [-0.1, -0.05) is 23.7 Å². The van der Waals surface area contributed by atoms with Gasteiger partial charge < -0.3 is 19.5 Å². The van der Waals surface area contributed by atoms with E-state index in [0.717, 1.165) is 6.07 Å². The van der Waals surface area contributed by atoms with Gasteiger partial charge in [0, 0.05) is 12.1 Å². The Morgan fingerprint density at radius 3 is 2.70 bits per heavy atom. The number of benzene rings is 2. The van der Waals surface area contributed by atoms with E-state index in [2.05, 4.69) is 5.32 Å². The zero-order chi connectivity index (χ0) is 19.4. The second-order valence-corrected chi connectivity index (χ2v) is 5.85. The number of nitro groups is 1. The number of amides is 1. The van der Waals surface area contributed by atoms with Crippen molar-refractivity contribution in [3.8, 4) is 11.5 Å². The quantitative estimate of drug-likeness (QED) is 0.472. The molecule has 0 radical (unpaired) electrons. The molecule has 0 fully saturated rings. The molecule has 0 saturated carbocycles. The van der Waals surface area contributed by atoms with Crippen molar-refractivity contribution >= 4 is 34.9 Å². The number of fused-ring (bicyclic) bond motifs is 1. The van der Waals surface area contributed by atoms with Crippen LogP contribution in [0.2, 0.25) is 5.02 Å². The number of hydrogen-bond donors (Lipinski definition) is 1. The van der Waals surface area contributed by atoms with Crippen molar-refractivity contribution in [2.24, 2.45) is 0 Å². The number of nitro benzene ring substituents is 1. The number of nitrogens with one attached hydrogen (secondary N) is 1. The van der Waals surface area contributed by atoms with Crippen molar-refractivity contribution in [3.63, 3.8) is 0 Å². The van der Waals surface area contributed by atoms with Crippen LogP contribution >= 0.6 is 11.6 Å². The summed E-state index contributed by atoms with van der Waals surface area (Å²) >= 11 is 5.89. The number of carbonyl (C=O) groups is 2. The van der Waals surface area contributed by atoms with Crippen LogP contribution in [0.3, 0.4) is 0 Å². The van der Waals surface area contributed by atoms with Gasteiger partial charge in [0.25, 0.3) is 11.6 Å². The first kappa shape index (κ1) is 18.5. The van der Waals surface area contributed by atoms with Gasteiger partial charge in [0.1, 0.15) is 6.61 Å². The van der Waals surface area contributed by atoms with Crippen LogP contribution in [0.4, 0.5) is 11.4 Å². The van der Waals surface area contributed by atoms with Gasteiger partial charge in [0.05, 0.1) is 15.6 Å². The molecule has 0 aliphatic carbocycles.